The molecule has 0 saturated heterocycles. The predicted molar refractivity (Wildman–Crippen MR) is 74.4 cm³/mol. The molecule has 0 atom stereocenters. The zero-order chi connectivity index (χ0) is 13.4. The Labute approximate surface area is 114 Å². The molecule has 0 spiro atoms. The van der Waals surface area contributed by atoms with Gasteiger partial charge in [0.2, 0.25) is 0 Å². The van der Waals surface area contributed by atoms with Gasteiger partial charge in [-0.25, -0.2) is 9.97 Å². The van der Waals surface area contributed by atoms with Gasteiger partial charge in [0.25, 0.3) is 0 Å². The number of hydrogen-bond acceptors (Lipinski definition) is 4. The molecule has 0 aliphatic heterocycles. The van der Waals surface area contributed by atoms with E-state index in [1.54, 1.807) is 24.9 Å². The van der Waals surface area contributed by atoms with Crippen LogP contribution in [-0.4, -0.2) is 19.5 Å². The fraction of sp³-hybridized carbons (Fsp3) is 0. The lowest BCUT2D eigenvalue weighted by Gasteiger charge is -2.06. The molecular weight excluding hydrogens is 252 g/mol. The van der Waals surface area contributed by atoms with E-state index in [9.17, 15) is 0 Å². The molecule has 0 bridgehead atoms. The molecule has 0 aromatic carbocycles. The van der Waals surface area contributed by atoms with Gasteiger partial charge in [0.15, 0.2) is 17.2 Å². The normalized spacial score (nSPS) is 11.0. The van der Waals surface area contributed by atoms with Crippen LogP contribution in [0.15, 0.2) is 65.7 Å². The molecule has 0 aliphatic rings. The van der Waals surface area contributed by atoms with Crippen LogP contribution in [0.1, 0.15) is 0 Å². The maximum absolute atomic E-state index is 5.48. The van der Waals surface area contributed by atoms with Crippen molar-refractivity contribution < 1.29 is 4.42 Å². The highest BCUT2D eigenvalue weighted by atomic mass is 16.3. The molecule has 0 radical (unpaired) electrons. The Morgan fingerprint density at radius 1 is 0.950 bits per heavy atom. The fourth-order valence-electron chi connectivity index (χ4n) is 2.22. The number of fused-ring (bicyclic) bond motifs is 1. The van der Waals surface area contributed by atoms with E-state index in [2.05, 4.69) is 15.0 Å². The Morgan fingerprint density at radius 3 is 2.65 bits per heavy atom. The summed E-state index contributed by atoms with van der Waals surface area (Å²) in [6.07, 6.45) is 6.89. The van der Waals surface area contributed by atoms with E-state index in [4.69, 9.17) is 4.42 Å². The zero-order valence-corrected chi connectivity index (χ0v) is 10.5. The van der Waals surface area contributed by atoms with Crippen molar-refractivity contribution in [3.05, 3.63) is 61.3 Å². The second-order valence-electron chi connectivity index (χ2n) is 4.30. The topological polar surface area (TPSA) is 56.7 Å². The Hall–Kier alpha value is -2.95. The third-order valence-electron chi connectivity index (χ3n) is 3.08. The van der Waals surface area contributed by atoms with Gasteiger partial charge in [-0.2, -0.15) is 0 Å². The quantitative estimate of drug-likeness (QED) is 0.557. The Kier molecular flexibility index (Phi) is 2.35. The van der Waals surface area contributed by atoms with Crippen LogP contribution in [0.3, 0.4) is 0 Å². The minimum absolute atomic E-state index is 0.708. The van der Waals surface area contributed by atoms with Gasteiger partial charge in [-0.05, 0) is 36.4 Å². The van der Waals surface area contributed by atoms with Crippen molar-refractivity contribution in [2.24, 2.45) is 0 Å². The molecule has 4 heterocycles. The van der Waals surface area contributed by atoms with Gasteiger partial charge in [-0.1, -0.05) is 0 Å². The van der Waals surface area contributed by atoms with Gasteiger partial charge < -0.3 is 4.42 Å². The van der Waals surface area contributed by atoms with E-state index in [1.807, 2.05) is 41.0 Å². The monoisotopic (exact) mass is 262 g/mol. The number of nitrogens with zero attached hydrogens (tertiary/aromatic N) is 4. The molecule has 0 amide bonds. The van der Waals surface area contributed by atoms with Crippen molar-refractivity contribution >= 4 is 11.2 Å². The van der Waals surface area contributed by atoms with Crippen LogP contribution >= 0.6 is 0 Å². The summed E-state index contributed by atoms with van der Waals surface area (Å²) < 4.78 is 7.45. The lowest BCUT2D eigenvalue weighted by molar-refractivity contribution is 0.576. The smallest absolute Gasteiger partial charge is 0.183 e. The number of hydrogen-bond donors (Lipinski definition) is 0. The Morgan fingerprint density at radius 2 is 1.85 bits per heavy atom. The third-order valence-corrected chi connectivity index (χ3v) is 3.08. The van der Waals surface area contributed by atoms with Crippen molar-refractivity contribution in [3.8, 4) is 17.3 Å². The molecule has 0 saturated carbocycles. The molecule has 96 valence electrons. The second-order valence-corrected chi connectivity index (χ2v) is 4.30. The van der Waals surface area contributed by atoms with Crippen molar-refractivity contribution in [2.75, 3.05) is 0 Å². The highest BCUT2D eigenvalue weighted by Crippen LogP contribution is 2.27. The van der Waals surface area contributed by atoms with Crippen LogP contribution in [0.25, 0.3) is 28.4 Å². The lowest BCUT2D eigenvalue weighted by Crippen LogP contribution is -1.98. The molecule has 4 aromatic rings. The largest absolute Gasteiger partial charge is 0.461 e. The van der Waals surface area contributed by atoms with E-state index in [-0.39, 0.29) is 0 Å². The van der Waals surface area contributed by atoms with Gasteiger partial charge in [0.1, 0.15) is 5.52 Å². The first-order chi connectivity index (χ1) is 9.93. The van der Waals surface area contributed by atoms with Crippen LogP contribution in [0.4, 0.5) is 0 Å². The molecule has 4 rings (SSSR count). The van der Waals surface area contributed by atoms with E-state index in [1.165, 1.54) is 0 Å². The Bertz CT molecular complexity index is 850. The third kappa shape index (κ3) is 1.60. The Balaban J connectivity index is 2.09. The standard InChI is InChI=1S/C15H10N4O/c1-3-12-14(17-7-1)19(11-5-8-16-9-6-11)15(18-12)13-4-2-10-20-13/h1-10H. The van der Waals surface area contributed by atoms with Gasteiger partial charge in [-0.15, -0.1) is 0 Å². The summed E-state index contributed by atoms with van der Waals surface area (Å²) in [5.41, 5.74) is 2.58. The first-order valence-electron chi connectivity index (χ1n) is 6.21. The number of furan rings is 1. The van der Waals surface area contributed by atoms with Crippen molar-refractivity contribution in [3.63, 3.8) is 0 Å². The highest BCUT2D eigenvalue weighted by molar-refractivity contribution is 5.78. The maximum atomic E-state index is 5.48. The molecule has 20 heavy (non-hydrogen) atoms. The van der Waals surface area contributed by atoms with Gasteiger partial charge in [-0.3, -0.25) is 9.55 Å². The summed E-state index contributed by atoms with van der Waals surface area (Å²) in [4.78, 5) is 13.1. The van der Waals surface area contributed by atoms with Gasteiger partial charge in [0.05, 0.1) is 12.0 Å². The van der Waals surface area contributed by atoms with Crippen LogP contribution in [0.5, 0.6) is 0 Å². The summed E-state index contributed by atoms with van der Waals surface area (Å²) in [6.45, 7) is 0. The SMILES string of the molecule is c1coc(-c2nc3cccnc3n2-c2ccncc2)c1. The molecule has 4 aromatic heterocycles. The molecule has 5 heteroatoms. The van der Waals surface area contributed by atoms with E-state index >= 15 is 0 Å². The molecule has 5 nitrogen and oxygen atoms in total. The van der Waals surface area contributed by atoms with E-state index in [0.717, 1.165) is 22.7 Å². The number of pyridine rings is 2. The molecule has 0 fully saturated rings. The van der Waals surface area contributed by atoms with Crippen molar-refractivity contribution in [2.45, 2.75) is 0 Å². The number of imidazole rings is 1. The first-order valence-corrected chi connectivity index (χ1v) is 6.21. The van der Waals surface area contributed by atoms with Crippen molar-refractivity contribution in [1.82, 2.24) is 19.5 Å². The van der Waals surface area contributed by atoms with Crippen LogP contribution in [0, 0.1) is 0 Å². The minimum atomic E-state index is 0.708. The lowest BCUT2D eigenvalue weighted by atomic mass is 10.3. The predicted octanol–water partition coefficient (Wildman–Crippen LogP) is 3.08. The summed E-state index contributed by atoms with van der Waals surface area (Å²) in [7, 11) is 0. The summed E-state index contributed by atoms with van der Waals surface area (Å²) >= 11 is 0. The average Bonchev–Trinajstić information content (AvgIpc) is 3.15. The fourth-order valence-corrected chi connectivity index (χ4v) is 2.22. The van der Waals surface area contributed by atoms with Crippen LogP contribution < -0.4 is 0 Å². The van der Waals surface area contributed by atoms with E-state index < -0.39 is 0 Å². The minimum Gasteiger partial charge on any atom is -0.461 e. The summed E-state index contributed by atoms with van der Waals surface area (Å²) in [6, 6.07) is 11.4. The second kappa shape index (κ2) is 4.31. The first kappa shape index (κ1) is 10.9. The zero-order valence-electron chi connectivity index (χ0n) is 10.5. The van der Waals surface area contributed by atoms with Crippen LogP contribution in [-0.2, 0) is 0 Å². The van der Waals surface area contributed by atoms with Gasteiger partial charge >= 0.3 is 0 Å². The highest BCUT2D eigenvalue weighted by Gasteiger charge is 2.16. The number of aromatic nitrogens is 4. The summed E-state index contributed by atoms with van der Waals surface area (Å²) in [5, 5.41) is 0. The van der Waals surface area contributed by atoms with E-state index in [0.29, 0.717) is 5.76 Å². The molecular formula is C15H10N4O. The molecule has 0 aliphatic carbocycles. The van der Waals surface area contributed by atoms with Crippen molar-refractivity contribution in [1.29, 1.82) is 0 Å². The molecule has 0 unspecified atom stereocenters. The number of rotatable bonds is 2. The van der Waals surface area contributed by atoms with Crippen LogP contribution in [0.2, 0.25) is 0 Å². The van der Waals surface area contributed by atoms with Gasteiger partial charge in [0, 0.05) is 18.6 Å². The summed E-state index contributed by atoms with van der Waals surface area (Å²) in [5.74, 6) is 1.44. The molecule has 0 N–H and O–H groups in total. The maximum Gasteiger partial charge on any atom is 0.183 e. The average molecular weight is 262 g/mol.